The number of halogens is 1. The van der Waals surface area contributed by atoms with Crippen LogP contribution >= 0.6 is 23.1 Å². The van der Waals surface area contributed by atoms with Crippen molar-refractivity contribution in [3.8, 4) is 0 Å². The van der Waals surface area contributed by atoms with Crippen molar-refractivity contribution in [2.45, 2.75) is 11.4 Å². The Labute approximate surface area is 109 Å². The molecule has 2 aromatic rings. The molecule has 0 bridgehead atoms. The molecule has 1 heterocycles. The highest BCUT2D eigenvalue weighted by atomic mass is 32.2. The molecular weight excluding hydrogens is 253 g/mol. The maximum absolute atomic E-state index is 13.3. The topological polar surface area (TPSA) is 12.0 Å². The molecule has 1 nitrogen and oxygen atoms in total. The Morgan fingerprint density at radius 3 is 2.82 bits per heavy atom. The first-order valence-corrected chi connectivity index (χ1v) is 7.33. The van der Waals surface area contributed by atoms with Gasteiger partial charge in [0.2, 0.25) is 0 Å². The Morgan fingerprint density at radius 2 is 2.06 bits per heavy atom. The summed E-state index contributed by atoms with van der Waals surface area (Å²) in [5, 5.41) is 5.42. The minimum Gasteiger partial charge on any atom is -0.311 e. The number of benzene rings is 1. The number of nitrogens with one attached hydrogen (secondary N) is 1. The van der Waals surface area contributed by atoms with Gasteiger partial charge >= 0.3 is 0 Å². The van der Waals surface area contributed by atoms with Gasteiger partial charge in [0, 0.05) is 28.6 Å². The van der Waals surface area contributed by atoms with E-state index in [1.54, 1.807) is 29.2 Å². The lowest BCUT2D eigenvalue weighted by molar-refractivity contribution is 0.602. The zero-order chi connectivity index (χ0) is 11.9. The van der Waals surface area contributed by atoms with Crippen LogP contribution in [0.25, 0.3) is 0 Å². The maximum Gasteiger partial charge on any atom is 0.136 e. The first kappa shape index (κ1) is 12.6. The maximum atomic E-state index is 13.3. The van der Waals surface area contributed by atoms with Crippen molar-refractivity contribution in [3.63, 3.8) is 0 Å². The number of hydrogen-bond donors (Lipinski definition) is 1. The first-order chi connectivity index (χ1) is 8.36. The summed E-state index contributed by atoms with van der Waals surface area (Å²) in [4.78, 5) is 2.06. The second kappa shape index (κ2) is 6.79. The van der Waals surface area contributed by atoms with Gasteiger partial charge in [-0.2, -0.15) is 0 Å². The van der Waals surface area contributed by atoms with E-state index in [4.69, 9.17) is 0 Å². The Morgan fingerprint density at radius 1 is 1.18 bits per heavy atom. The largest absolute Gasteiger partial charge is 0.311 e. The minimum atomic E-state index is -0.129. The van der Waals surface area contributed by atoms with Crippen LogP contribution in [0.15, 0.2) is 46.7 Å². The van der Waals surface area contributed by atoms with Crippen LogP contribution in [0.2, 0.25) is 0 Å². The van der Waals surface area contributed by atoms with Crippen LogP contribution in [0.5, 0.6) is 0 Å². The summed E-state index contributed by atoms with van der Waals surface area (Å²) in [6.07, 6.45) is 0. The molecule has 0 amide bonds. The van der Waals surface area contributed by atoms with Gasteiger partial charge in [0.25, 0.3) is 0 Å². The van der Waals surface area contributed by atoms with E-state index in [2.05, 4.69) is 22.8 Å². The van der Waals surface area contributed by atoms with Crippen molar-refractivity contribution in [3.05, 3.63) is 52.5 Å². The van der Waals surface area contributed by atoms with E-state index in [-0.39, 0.29) is 5.82 Å². The molecule has 0 aliphatic carbocycles. The second-order valence-corrected chi connectivity index (χ2v) is 5.70. The first-order valence-electron chi connectivity index (χ1n) is 5.46. The molecule has 0 saturated heterocycles. The van der Waals surface area contributed by atoms with Crippen LogP contribution in [0, 0.1) is 5.82 Å². The van der Waals surface area contributed by atoms with Crippen molar-refractivity contribution in [2.24, 2.45) is 0 Å². The fourth-order valence-corrected chi connectivity index (χ4v) is 2.94. The van der Waals surface area contributed by atoms with E-state index in [0.29, 0.717) is 0 Å². The second-order valence-electron chi connectivity index (χ2n) is 3.54. The summed E-state index contributed by atoms with van der Waals surface area (Å²) in [6.45, 7) is 1.78. The van der Waals surface area contributed by atoms with Gasteiger partial charge in [-0.25, -0.2) is 4.39 Å². The van der Waals surface area contributed by atoms with Crippen LogP contribution < -0.4 is 5.32 Å². The average Bonchev–Trinajstić information content (AvgIpc) is 2.84. The molecule has 0 saturated carbocycles. The van der Waals surface area contributed by atoms with Crippen molar-refractivity contribution in [1.82, 2.24) is 5.32 Å². The molecule has 0 atom stereocenters. The number of hydrogen-bond acceptors (Lipinski definition) is 3. The number of thioether (sulfide) groups is 1. The van der Waals surface area contributed by atoms with Crippen molar-refractivity contribution in [1.29, 1.82) is 0 Å². The Hall–Kier alpha value is -0.840. The number of thiophene rings is 1. The van der Waals surface area contributed by atoms with Gasteiger partial charge in [-0.15, -0.1) is 23.1 Å². The molecule has 0 unspecified atom stereocenters. The van der Waals surface area contributed by atoms with E-state index >= 15 is 0 Å². The lowest BCUT2D eigenvalue weighted by Gasteiger charge is -2.04. The quantitative estimate of drug-likeness (QED) is 0.631. The van der Waals surface area contributed by atoms with Gasteiger partial charge in [0.1, 0.15) is 5.82 Å². The zero-order valence-corrected chi connectivity index (χ0v) is 11.0. The molecule has 17 heavy (non-hydrogen) atoms. The van der Waals surface area contributed by atoms with Gasteiger partial charge in [-0.3, -0.25) is 0 Å². The average molecular weight is 267 g/mol. The third-order valence-electron chi connectivity index (χ3n) is 2.25. The van der Waals surface area contributed by atoms with Crippen LogP contribution in [-0.4, -0.2) is 12.3 Å². The van der Waals surface area contributed by atoms with E-state index in [1.165, 1.54) is 10.9 Å². The van der Waals surface area contributed by atoms with Gasteiger partial charge < -0.3 is 5.32 Å². The predicted octanol–water partition coefficient (Wildman–Crippen LogP) is 3.77. The minimum absolute atomic E-state index is 0.129. The highest BCUT2D eigenvalue weighted by Gasteiger charge is 2.00. The van der Waals surface area contributed by atoms with Crippen LogP contribution in [0.1, 0.15) is 4.88 Å². The van der Waals surface area contributed by atoms with Crippen LogP contribution in [0.4, 0.5) is 4.39 Å². The van der Waals surface area contributed by atoms with E-state index in [0.717, 1.165) is 23.7 Å². The van der Waals surface area contributed by atoms with E-state index in [9.17, 15) is 4.39 Å². The van der Waals surface area contributed by atoms with Crippen molar-refractivity contribution in [2.75, 3.05) is 12.3 Å². The Bertz CT molecular complexity index is 442. The predicted molar refractivity (Wildman–Crippen MR) is 73.1 cm³/mol. The van der Waals surface area contributed by atoms with Gasteiger partial charge in [0.05, 0.1) is 0 Å². The highest BCUT2D eigenvalue weighted by molar-refractivity contribution is 7.99. The van der Waals surface area contributed by atoms with Crippen molar-refractivity contribution >= 4 is 23.1 Å². The third kappa shape index (κ3) is 4.15. The highest BCUT2D eigenvalue weighted by Crippen LogP contribution is 2.20. The lowest BCUT2D eigenvalue weighted by Crippen LogP contribution is -2.15. The fourth-order valence-electron chi connectivity index (χ4n) is 1.42. The molecule has 0 spiro atoms. The molecule has 0 radical (unpaired) electrons. The summed E-state index contributed by atoms with van der Waals surface area (Å²) in [5.41, 5.74) is 0. The van der Waals surface area contributed by atoms with Crippen LogP contribution in [0.3, 0.4) is 0 Å². The zero-order valence-electron chi connectivity index (χ0n) is 9.36. The molecule has 90 valence electrons. The van der Waals surface area contributed by atoms with Gasteiger partial charge in [-0.05, 0) is 23.6 Å². The molecule has 1 aromatic heterocycles. The summed E-state index contributed by atoms with van der Waals surface area (Å²) in [5.74, 6) is 0.752. The molecule has 0 aliphatic heterocycles. The SMILES string of the molecule is Fc1ccccc1SCCNCc1cccs1. The molecule has 2 rings (SSSR count). The summed E-state index contributed by atoms with van der Waals surface area (Å²) in [7, 11) is 0. The van der Waals surface area contributed by atoms with Crippen molar-refractivity contribution < 1.29 is 4.39 Å². The van der Waals surface area contributed by atoms with Gasteiger partial charge in [-0.1, -0.05) is 18.2 Å². The molecule has 4 heteroatoms. The van der Waals surface area contributed by atoms with Gasteiger partial charge in [0.15, 0.2) is 0 Å². The Kier molecular flexibility index (Phi) is 5.04. The smallest absolute Gasteiger partial charge is 0.136 e. The molecule has 0 aliphatic rings. The standard InChI is InChI=1S/C13H14FNS2/c14-12-5-1-2-6-13(12)17-9-7-15-10-11-4-3-8-16-11/h1-6,8,15H,7,9-10H2. The lowest BCUT2D eigenvalue weighted by atomic mass is 10.3. The molecule has 0 fully saturated rings. The van der Waals surface area contributed by atoms with E-state index < -0.39 is 0 Å². The third-order valence-corrected chi connectivity index (χ3v) is 4.18. The normalized spacial score (nSPS) is 10.6. The van der Waals surface area contributed by atoms with E-state index in [1.807, 2.05) is 12.1 Å². The monoisotopic (exact) mass is 267 g/mol. The Balaban J connectivity index is 1.65. The molecule has 1 aromatic carbocycles. The fraction of sp³-hybridized carbons (Fsp3) is 0.231. The van der Waals surface area contributed by atoms with Crippen LogP contribution in [-0.2, 0) is 6.54 Å². The summed E-state index contributed by atoms with van der Waals surface area (Å²) < 4.78 is 13.3. The number of rotatable bonds is 6. The summed E-state index contributed by atoms with van der Waals surface area (Å²) in [6, 6.07) is 11.1. The summed E-state index contributed by atoms with van der Waals surface area (Å²) >= 11 is 3.30. The molecule has 1 N–H and O–H groups in total. The molecular formula is C13H14FNS2.